The molecule has 0 aliphatic heterocycles. The quantitative estimate of drug-likeness (QED) is 0.848. The summed E-state index contributed by atoms with van der Waals surface area (Å²) < 4.78 is 5.16. The average molecular weight is 273 g/mol. The summed E-state index contributed by atoms with van der Waals surface area (Å²) in [5, 5.41) is 4.55. The summed E-state index contributed by atoms with van der Waals surface area (Å²) in [7, 11) is 1.73. The first-order valence-corrected chi connectivity index (χ1v) is 6.89. The fourth-order valence-corrected chi connectivity index (χ4v) is 2.15. The largest absolute Gasteiger partial charge is 0.396 e. The minimum atomic E-state index is 0.146. The van der Waals surface area contributed by atoms with Crippen molar-refractivity contribution in [2.45, 2.75) is 20.3 Å². The maximum absolute atomic E-state index is 6.07. The van der Waals surface area contributed by atoms with E-state index >= 15 is 0 Å². The summed E-state index contributed by atoms with van der Waals surface area (Å²) >= 11 is 0. The molecule has 1 aromatic carbocycles. The van der Waals surface area contributed by atoms with Crippen molar-refractivity contribution in [1.29, 1.82) is 0 Å². The SMILES string of the molecule is COCCC(C)(C)CNc1c(N)cnc2ccccc12. The summed E-state index contributed by atoms with van der Waals surface area (Å²) in [5.74, 6) is 0. The third kappa shape index (κ3) is 3.39. The Morgan fingerprint density at radius 3 is 2.80 bits per heavy atom. The van der Waals surface area contributed by atoms with Gasteiger partial charge in [0.1, 0.15) is 0 Å². The van der Waals surface area contributed by atoms with Gasteiger partial charge in [0, 0.05) is 25.6 Å². The molecule has 0 saturated carbocycles. The van der Waals surface area contributed by atoms with Crippen LogP contribution in [0.4, 0.5) is 11.4 Å². The van der Waals surface area contributed by atoms with Gasteiger partial charge in [0.25, 0.3) is 0 Å². The molecule has 4 heteroatoms. The molecule has 0 saturated heterocycles. The van der Waals surface area contributed by atoms with Crippen LogP contribution in [0.3, 0.4) is 0 Å². The second-order valence-electron chi connectivity index (χ2n) is 5.87. The van der Waals surface area contributed by atoms with Crippen LogP contribution in [-0.4, -0.2) is 25.2 Å². The molecule has 2 aromatic rings. The summed E-state index contributed by atoms with van der Waals surface area (Å²) in [6.45, 7) is 6.05. The standard InChI is InChI=1S/C16H23N3O/c1-16(2,8-9-20-3)11-19-15-12-6-4-5-7-14(12)18-10-13(15)17/h4-7,10H,8-9,11,17H2,1-3H3,(H,18,19). The van der Waals surface area contributed by atoms with E-state index in [0.29, 0.717) is 5.69 Å². The van der Waals surface area contributed by atoms with Crippen molar-refractivity contribution in [3.63, 3.8) is 0 Å². The number of fused-ring (bicyclic) bond motifs is 1. The van der Waals surface area contributed by atoms with Gasteiger partial charge in [-0.2, -0.15) is 0 Å². The van der Waals surface area contributed by atoms with Crippen molar-refractivity contribution in [1.82, 2.24) is 4.98 Å². The minimum absolute atomic E-state index is 0.146. The minimum Gasteiger partial charge on any atom is -0.396 e. The predicted octanol–water partition coefficient (Wildman–Crippen LogP) is 3.29. The van der Waals surface area contributed by atoms with E-state index in [2.05, 4.69) is 24.1 Å². The Bertz CT molecular complexity index is 581. The van der Waals surface area contributed by atoms with Crippen LogP contribution in [0, 0.1) is 5.41 Å². The number of benzene rings is 1. The number of aromatic nitrogens is 1. The highest BCUT2D eigenvalue weighted by Gasteiger charge is 2.18. The molecule has 20 heavy (non-hydrogen) atoms. The number of nitrogens with zero attached hydrogens (tertiary/aromatic N) is 1. The molecule has 1 heterocycles. The zero-order chi connectivity index (χ0) is 14.6. The number of nitrogens with two attached hydrogens (primary N) is 1. The average Bonchev–Trinajstić information content (AvgIpc) is 2.44. The molecule has 0 bridgehead atoms. The fourth-order valence-electron chi connectivity index (χ4n) is 2.15. The van der Waals surface area contributed by atoms with Crippen LogP contribution in [0.15, 0.2) is 30.5 Å². The number of hydrogen-bond donors (Lipinski definition) is 2. The zero-order valence-electron chi connectivity index (χ0n) is 12.4. The molecule has 2 rings (SSSR count). The summed E-state index contributed by atoms with van der Waals surface area (Å²) in [6, 6.07) is 8.03. The molecule has 0 amide bonds. The van der Waals surface area contributed by atoms with Crippen LogP contribution in [-0.2, 0) is 4.74 Å². The highest BCUT2D eigenvalue weighted by Crippen LogP contribution is 2.29. The Morgan fingerprint density at radius 2 is 2.05 bits per heavy atom. The smallest absolute Gasteiger partial charge is 0.0743 e. The lowest BCUT2D eigenvalue weighted by molar-refractivity contribution is 0.157. The second-order valence-corrected chi connectivity index (χ2v) is 5.87. The van der Waals surface area contributed by atoms with E-state index in [1.807, 2.05) is 24.3 Å². The predicted molar refractivity (Wildman–Crippen MR) is 84.9 cm³/mol. The summed E-state index contributed by atoms with van der Waals surface area (Å²) in [6.07, 6.45) is 2.71. The molecule has 0 unspecified atom stereocenters. The monoisotopic (exact) mass is 273 g/mol. The number of pyridine rings is 1. The normalized spacial score (nSPS) is 11.8. The first-order chi connectivity index (χ1) is 9.53. The Kier molecular flexibility index (Phi) is 4.45. The highest BCUT2D eigenvalue weighted by atomic mass is 16.5. The van der Waals surface area contributed by atoms with Gasteiger partial charge in [-0.05, 0) is 17.9 Å². The van der Waals surface area contributed by atoms with Crippen LogP contribution >= 0.6 is 0 Å². The number of rotatable bonds is 6. The summed E-state index contributed by atoms with van der Waals surface area (Å²) in [5.41, 5.74) is 8.83. The van der Waals surface area contributed by atoms with Gasteiger partial charge in [0.15, 0.2) is 0 Å². The molecule has 0 aliphatic rings. The maximum atomic E-state index is 6.07. The van der Waals surface area contributed by atoms with Crippen molar-refractivity contribution in [3.05, 3.63) is 30.5 Å². The molecule has 0 aliphatic carbocycles. The van der Waals surface area contributed by atoms with Crippen LogP contribution < -0.4 is 11.1 Å². The molecule has 1 aromatic heterocycles. The highest BCUT2D eigenvalue weighted by molar-refractivity contribution is 5.96. The molecule has 3 N–H and O–H groups in total. The van der Waals surface area contributed by atoms with Gasteiger partial charge in [-0.3, -0.25) is 4.98 Å². The van der Waals surface area contributed by atoms with Crippen molar-refractivity contribution in [3.8, 4) is 0 Å². The van der Waals surface area contributed by atoms with Crippen molar-refractivity contribution in [2.75, 3.05) is 31.3 Å². The number of ether oxygens (including phenoxy) is 1. The van der Waals surface area contributed by atoms with E-state index < -0.39 is 0 Å². The second kappa shape index (κ2) is 6.09. The first-order valence-electron chi connectivity index (χ1n) is 6.89. The van der Waals surface area contributed by atoms with Gasteiger partial charge in [0.2, 0.25) is 0 Å². The van der Waals surface area contributed by atoms with Crippen molar-refractivity contribution < 1.29 is 4.74 Å². The van der Waals surface area contributed by atoms with Crippen molar-refractivity contribution >= 4 is 22.3 Å². The lowest BCUT2D eigenvalue weighted by atomic mass is 9.89. The first kappa shape index (κ1) is 14.6. The third-order valence-electron chi connectivity index (χ3n) is 3.53. The fraction of sp³-hybridized carbons (Fsp3) is 0.438. The molecular weight excluding hydrogens is 250 g/mol. The van der Waals surface area contributed by atoms with E-state index in [4.69, 9.17) is 10.5 Å². The van der Waals surface area contributed by atoms with Gasteiger partial charge in [0.05, 0.1) is 23.1 Å². The lowest BCUT2D eigenvalue weighted by Gasteiger charge is -2.26. The van der Waals surface area contributed by atoms with Crippen LogP contribution in [0.25, 0.3) is 10.9 Å². The Hall–Kier alpha value is -1.81. The topological polar surface area (TPSA) is 60.2 Å². The van der Waals surface area contributed by atoms with Crippen molar-refractivity contribution in [2.24, 2.45) is 5.41 Å². The Balaban J connectivity index is 2.19. The third-order valence-corrected chi connectivity index (χ3v) is 3.53. The Morgan fingerprint density at radius 1 is 1.30 bits per heavy atom. The number of nitrogen functional groups attached to an aromatic ring is 1. The van der Waals surface area contributed by atoms with Gasteiger partial charge >= 0.3 is 0 Å². The maximum Gasteiger partial charge on any atom is 0.0743 e. The van der Waals surface area contributed by atoms with Gasteiger partial charge in [-0.25, -0.2) is 0 Å². The lowest BCUT2D eigenvalue weighted by Crippen LogP contribution is -2.25. The van der Waals surface area contributed by atoms with Crippen LogP contribution in [0.2, 0.25) is 0 Å². The van der Waals surface area contributed by atoms with Gasteiger partial charge < -0.3 is 15.8 Å². The van der Waals surface area contributed by atoms with E-state index in [1.165, 1.54) is 0 Å². The van der Waals surface area contributed by atoms with Gasteiger partial charge in [-0.1, -0.05) is 32.0 Å². The molecule has 108 valence electrons. The molecular formula is C16H23N3O. The molecule has 0 fully saturated rings. The van der Waals surface area contributed by atoms with Crippen LogP contribution in [0.5, 0.6) is 0 Å². The zero-order valence-corrected chi connectivity index (χ0v) is 12.4. The number of hydrogen-bond acceptors (Lipinski definition) is 4. The van der Waals surface area contributed by atoms with E-state index in [0.717, 1.165) is 36.2 Å². The summed E-state index contributed by atoms with van der Waals surface area (Å²) in [4.78, 5) is 4.35. The Labute approximate surface area is 120 Å². The van der Waals surface area contributed by atoms with E-state index in [9.17, 15) is 0 Å². The van der Waals surface area contributed by atoms with Crippen LogP contribution in [0.1, 0.15) is 20.3 Å². The number of methoxy groups -OCH3 is 1. The van der Waals surface area contributed by atoms with E-state index in [1.54, 1.807) is 13.3 Å². The van der Waals surface area contributed by atoms with E-state index in [-0.39, 0.29) is 5.41 Å². The molecule has 0 atom stereocenters. The number of anilines is 2. The molecule has 4 nitrogen and oxygen atoms in total. The van der Waals surface area contributed by atoms with Gasteiger partial charge in [-0.15, -0.1) is 0 Å². The molecule has 0 radical (unpaired) electrons. The number of nitrogens with one attached hydrogen (secondary N) is 1. The number of para-hydroxylation sites is 1. The molecule has 0 spiro atoms.